The van der Waals surface area contributed by atoms with E-state index >= 15 is 0 Å². The predicted octanol–water partition coefficient (Wildman–Crippen LogP) is 4.31. The molecule has 0 saturated carbocycles. The Hall–Kier alpha value is -2.82. The molecule has 2 aromatic rings. The fraction of sp³-hybridized carbons (Fsp3) is 0.391. The lowest BCUT2D eigenvalue weighted by Crippen LogP contribution is -2.41. The molecule has 0 bridgehead atoms. The molecule has 1 heterocycles. The van der Waals surface area contributed by atoms with E-state index in [1.54, 1.807) is 19.2 Å². The second-order valence-electron chi connectivity index (χ2n) is 7.56. The largest absolute Gasteiger partial charge is 0.497 e. The van der Waals surface area contributed by atoms with Crippen LogP contribution in [0, 0.1) is 5.92 Å². The molecule has 1 N–H and O–H groups in total. The Morgan fingerprint density at radius 1 is 1.07 bits per heavy atom. The van der Waals surface area contributed by atoms with Crippen molar-refractivity contribution in [3.05, 3.63) is 59.7 Å². The zero-order chi connectivity index (χ0) is 20.1. The quantitative estimate of drug-likeness (QED) is 0.841. The lowest BCUT2D eigenvalue weighted by Gasteiger charge is -2.31. The van der Waals surface area contributed by atoms with Crippen LogP contribution in [0.15, 0.2) is 48.5 Å². The fourth-order valence-electron chi connectivity index (χ4n) is 3.48. The second-order valence-corrected chi connectivity index (χ2v) is 7.56. The molecule has 3 rings (SSSR count). The van der Waals surface area contributed by atoms with E-state index in [4.69, 9.17) is 4.74 Å². The normalized spacial score (nSPS) is 14.8. The zero-order valence-corrected chi connectivity index (χ0v) is 16.8. The van der Waals surface area contributed by atoms with Crippen LogP contribution in [0.1, 0.15) is 48.5 Å². The highest BCUT2D eigenvalue weighted by Gasteiger charge is 2.28. The molecule has 0 radical (unpaired) electrons. The van der Waals surface area contributed by atoms with Crippen LogP contribution in [0.4, 0.5) is 5.69 Å². The number of amides is 2. The smallest absolute Gasteiger partial charge is 0.253 e. The number of nitrogens with zero attached hydrogens (tertiary/aromatic N) is 1. The Balaban J connectivity index is 1.54. The minimum Gasteiger partial charge on any atom is -0.497 e. The van der Waals surface area contributed by atoms with E-state index in [-0.39, 0.29) is 17.7 Å². The molecular formula is C23H28N2O3. The Kier molecular flexibility index (Phi) is 6.34. The number of nitrogens with one attached hydrogen (secondary N) is 1. The lowest BCUT2D eigenvalue weighted by molar-refractivity contribution is -0.121. The van der Waals surface area contributed by atoms with Gasteiger partial charge in [-0.05, 0) is 54.7 Å². The topological polar surface area (TPSA) is 58.6 Å². The SMILES string of the molecule is COc1cccc(C(=O)N2CCC(C(=O)Nc3ccc(C(C)C)cc3)CC2)c1. The number of hydrogen-bond donors (Lipinski definition) is 1. The van der Waals surface area contributed by atoms with E-state index in [9.17, 15) is 9.59 Å². The highest BCUT2D eigenvalue weighted by Crippen LogP contribution is 2.23. The number of piperidine rings is 1. The lowest BCUT2D eigenvalue weighted by atomic mass is 9.95. The summed E-state index contributed by atoms with van der Waals surface area (Å²) < 4.78 is 5.19. The van der Waals surface area contributed by atoms with Crippen LogP contribution in [0.3, 0.4) is 0 Å². The van der Waals surface area contributed by atoms with E-state index in [1.807, 2.05) is 29.2 Å². The summed E-state index contributed by atoms with van der Waals surface area (Å²) in [7, 11) is 1.59. The molecule has 1 aliphatic rings. The van der Waals surface area contributed by atoms with Crippen molar-refractivity contribution in [3.8, 4) is 5.75 Å². The maximum Gasteiger partial charge on any atom is 0.253 e. The number of methoxy groups -OCH3 is 1. The number of benzene rings is 2. The molecule has 0 aliphatic carbocycles. The van der Waals surface area contributed by atoms with Crippen molar-refractivity contribution >= 4 is 17.5 Å². The van der Waals surface area contributed by atoms with Crippen LogP contribution in [0.5, 0.6) is 5.75 Å². The molecular weight excluding hydrogens is 352 g/mol. The fourth-order valence-corrected chi connectivity index (χ4v) is 3.48. The van der Waals surface area contributed by atoms with Crippen molar-refractivity contribution in [2.75, 3.05) is 25.5 Å². The van der Waals surface area contributed by atoms with Crippen LogP contribution in [-0.4, -0.2) is 36.9 Å². The summed E-state index contributed by atoms with van der Waals surface area (Å²) in [5.41, 5.74) is 2.69. The van der Waals surface area contributed by atoms with Crippen LogP contribution in [-0.2, 0) is 4.79 Å². The first-order valence-electron chi connectivity index (χ1n) is 9.82. The van der Waals surface area contributed by atoms with E-state index in [1.165, 1.54) is 5.56 Å². The van der Waals surface area contributed by atoms with Gasteiger partial charge in [-0.1, -0.05) is 32.0 Å². The minimum absolute atomic E-state index is 0.0120. The number of hydrogen-bond acceptors (Lipinski definition) is 3. The van der Waals surface area contributed by atoms with Gasteiger partial charge in [0.05, 0.1) is 7.11 Å². The van der Waals surface area contributed by atoms with Gasteiger partial charge in [-0.15, -0.1) is 0 Å². The number of carbonyl (C=O) groups excluding carboxylic acids is 2. The number of ether oxygens (including phenoxy) is 1. The molecule has 2 aromatic carbocycles. The summed E-state index contributed by atoms with van der Waals surface area (Å²) in [5.74, 6) is 1.09. The molecule has 0 atom stereocenters. The third kappa shape index (κ3) is 4.71. The predicted molar refractivity (Wildman–Crippen MR) is 111 cm³/mol. The van der Waals surface area contributed by atoms with E-state index in [0.717, 1.165) is 5.69 Å². The molecule has 1 saturated heterocycles. The molecule has 5 nitrogen and oxygen atoms in total. The van der Waals surface area contributed by atoms with Crippen LogP contribution in [0.25, 0.3) is 0 Å². The molecule has 1 fully saturated rings. The maximum absolute atomic E-state index is 12.7. The Labute approximate surface area is 166 Å². The standard InChI is InChI=1S/C23H28N2O3/c1-16(2)17-7-9-20(10-8-17)24-22(26)18-11-13-25(14-12-18)23(27)19-5-4-6-21(15-19)28-3/h4-10,15-16,18H,11-14H2,1-3H3,(H,24,26). The van der Waals surface area contributed by atoms with Crippen molar-refractivity contribution in [1.82, 2.24) is 4.90 Å². The molecule has 1 aliphatic heterocycles. The summed E-state index contributed by atoms with van der Waals surface area (Å²) >= 11 is 0. The van der Waals surface area contributed by atoms with Crippen molar-refractivity contribution in [1.29, 1.82) is 0 Å². The maximum atomic E-state index is 12.7. The first-order chi connectivity index (χ1) is 13.5. The molecule has 28 heavy (non-hydrogen) atoms. The monoisotopic (exact) mass is 380 g/mol. The number of anilines is 1. The van der Waals surface area contributed by atoms with Crippen LogP contribution < -0.4 is 10.1 Å². The van der Waals surface area contributed by atoms with Gasteiger partial charge in [0.1, 0.15) is 5.75 Å². The van der Waals surface area contributed by atoms with E-state index < -0.39 is 0 Å². The number of carbonyl (C=O) groups is 2. The summed E-state index contributed by atoms with van der Waals surface area (Å²) in [4.78, 5) is 27.1. The van der Waals surface area contributed by atoms with Crippen LogP contribution in [0.2, 0.25) is 0 Å². The highest BCUT2D eigenvalue weighted by molar-refractivity contribution is 5.95. The van der Waals surface area contributed by atoms with Crippen molar-refractivity contribution in [3.63, 3.8) is 0 Å². The van der Waals surface area contributed by atoms with Gasteiger partial charge in [0, 0.05) is 30.3 Å². The molecule has 0 aromatic heterocycles. The highest BCUT2D eigenvalue weighted by atomic mass is 16.5. The van der Waals surface area contributed by atoms with Gasteiger partial charge < -0.3 is 15.0 Å². The van der Waals surface area contributed by atoms with Gasteiger partial charge in [-0.25, -0.2) is 0 Å². The van der Waals surface area contributed by atoms with Gasteiger partial charge >= 0.3 is 0 Å². The number of rotatable bonds is 5. The average Bonchev–Trinajstić information content (AvgIpc) is 2.73. The van der Waals surface area contributed by atoms with Gasteiger partial charge in [-0.3, -0.25) is 9.59 Å². The first kappa shape index (κ1) is 19.9. The van der Waals surface area contributed by atoms with Crippen molar-refractivity contribution < 1.29 is 14.3 Å². The van der Waals surface area contributed by atoms with Crippen molar-refractivity contribution in [2.24, 2.45) is 5.92 Å². The zero-order valence-electron chi connectivity index (χ0n) is 16.8. The van der Waals surface area contributed by atoms with Gasteiger partial charge in [0.25, 0.3) is 5.91 Å². The Morgan fingerprint density at radius 2 is 1.75 bits per heavy atom. The van der Waals surface area contributed by atoms with Gasteiger partial charge in [-0.2, -0.15) is 0 Å². The number of likely N-dealkylation sites (tertiary alicyclic amines) is 1. The Morgan fingerprint density at radius 3 is 2.36 bits per heavy atom. The molecule has 2 amide bonds. The van der Waals surface area contributed by atoms with Crippen molar-refractivity contribution in [2.45, 2.75) is 32.6 Å². The molecule has 0 unspecified atom stereocenters. The van der Waals surface area contributed by atoms with E-state index in [0.29, 0.717) is 43.2 Å². The summed E-state index contributed by atoms with van der Waals surface area (Å²) in [6.07, 6.45) is 1.34. The third-order valence-corrected chi connectivity index (χ3v) is 5.31. The first-order valence-corrected chi connectivity index (χ1v) is 9.82. The minimum atomic E-state index is -0.0702. The second kappa shape index (κ2) is 8.91. The Bertz CT molecular complexity index is 822. The van der Waals surface area contributed by atoms with Crippen LogP contribution >= 0.6 is 0 Å². The average molecular weight is 380 g/mol. The molecule has 0 spiro atoms. The molecule has 5 heteroatoms. The summed E-state index contributed by atoms with van der Waals surface area (Å²) in [5, 5.41) is 3.01. The summed E-state index contributed by atoms with van der Waals surface area (Å²) in [6, 6.07) is 15.2. The van der Waals surface area contributed by atoms with Gasteiger partial charge in [0.15, 0.2) is 0 Å². The van der Waals surface area contributed by atoms with Gasteiger partial charge in [0.2, 0.25) is 5.91 Å². The van der Waals surface area contributed by atoms with E-state index in [2.05, 4.69) is 31.3 Å². The third-order valence-electron chi connectivity index (χ3n) is 5.31. The summed E-state index contributed by atoms with van der Waals surface area (Å²) in [6.45, 7) is 5.46. The molecule has 148 valence electrons.